The van der Waals surface area contributed by atoms with Crippen LogP contribution < -0.4 is 4.74 Å². The van der Waals surface area contributed by atoms with E-state index in [4.69, 9.17) is 26.7 Å². The molecule has 0 atom stereocenters. The summed E-state index contributed by atoms with van der Waals surface area (Å²) in [5.74, 6) is -0.493. The number of hydrogen-bond acceptors (Lipinski definition) is 3. The zero-order chi connectivity index (χ0) is 15.2. The number of halogens is 1. The minimum Gasteiger partial charge on any atom is -0.492 e. The van der Waals surface area contributed by atoms with Gasteiger partial charge >= 0.3 is 5.97 Å². The summed E-state index contributed by atoms with van der Waals surface area (Å²) in [6.07, 6.45) is 3.10. The fourth-order valence-electron chi connectivity index (χ4n) is 1.38. The summed E-state index contributed by atoms with van der Waals surface area (Å²) < 4.78 is 5.53. The highest BCUT2D eigenvalue weighted by Gasteiger charge is 2.16. The van der Waals surface area contributed by atoms with Crippen LogP contribution >= 0.6 is 11.6 Å². The molecule has 0 unspecified atom stereocenters. The van der Waals surface area contributed by atoms with E-state index in [-0.39, 0.29) is 0 Å². The summed E-state index contributed by atoms with van der Waals surface area (Å²) in [5.41, 5.74) is 0.249. The van der Waals surface area contributed by atoms with Crippen molar-refractivity contribution in [3.63, 3.8) is 0 Å². The van der Waals surface area contributed by atoms with Gasteiger partial charge < -0.3 is 9.84 Å². The summed E-state index contributed by atoms with van der Waals surface area (Å²) in [4.78, 5) is 10.4. The Kier molecular flexibility index (Phi) is 5.60. The van der Waals surface area contributed by atoms with E-state index in [9.17, 15) is 4.79 Å². The van der Waals surface area contributed by atoms with Crippen LogP contribution in [0.3, 0.4) is 0 Å². The second-order valence-electron chi connectivity index (χ2n) is 4.96. The molecule has 1 N–H and O–H groups in total. The molecule has 0 aliphatic rings. The van der Waals surface area contributed by atoms with Gasteiger partial charge in [0.25, 0.3) is 0 Å². The molecule has 106 valence electrons. The van der Waals surface area contributed by atoms with Crippen molar-refractivity contribution >= 4 is 23.6 Å². The molecular weight excluding hydrogens is 278 g/mol. The molecule has 0 aliphatic carbocycles. The molecule has 4 nitrogen and oxygen atoms in total. The lowest BCUT2D eigenvalue weighted by Crippen LogP contribution is -2.13. The first kappa shape index (κ1) is 16.1. The third-order valence-electron chi connectivity index (χ3n) is 2.66. The van der Waals surface area contributed by atoms with E-state index in [1.807, 2.05) is 13.8 Å². The van der Waals surface area contributed by atoms with Gasteiger partial charge in [0, 0.05) is 6.08 Å². The van der Waals surface area contributed by atoms with Crippen molar-refractivity contribution in [3.8, 4) is 11.8 Å². The maximum absolute atomic E-state index is 10.4. The second kappa shape index (κ2) is 6.97. The molecule has 0 bridgehead atoms. The number of ether oxygens (including phenoxy) is 1. The zero-order valence-electron chi connectivity index (χ0n) is 11.4. The van der Waals surface area contributed by atoms with Crippen molar-refractivity contribution in [1.82, 2.24) is 0 Å². The Hall–Kier alpha value is -1.99. The van der Waals surface area contributed by atoms with Crippen LogP contribution in [0.2, 0.25) is 5.02 Å². The van der Waals surface area contributed by atoms with Gasteiger partial charge in [0.1, 0.15) is 5.75 Å². The smallest absolute Gasteiger partial charge is 0.328 e. The molecule has 0 aromatic heterocycles. The van der Waals surface area contributed by atoms with Crippen LogP contribution in [0.5, 0.6) is 5.75 Å². The molecule has 0 spiro atoms. The highest BCUT2D eigenvalue weighted by atomic mass is 35.5. The maximum atomic E-state index is 10.4. The lowest BCUT2D eigenvalue weighted by molar-refractivity contribution is -0.131. The molecule has 1 aromatic rings. The number of aliphatic carboxylic acids is 1. The fraction of sp³-hybridized carbons (Fsp3) is 0.333. The van der Waals surface area contributed by atoms with E-state index in [0.29, 0.717) is 29.4 Å². The highest BCUT2D eigenvalue weighted by molar-refractivity contribution is 6.32. The average molecular weight is 294 g/mol. The first-order valence-corrected chi connectivity index (χ1v) is 6.46. The molecule has 20 heavy (non-hydrogen) atoms. The van der Waals surface area contributed by atoms with Crippen LogP contribution in [-0.2, 0) is 4.79 Å². The monoisotopic (exact) mass is 293 g/mol. The standard InChI is InChI=1S/C15H16ClNO3/c1-15(2,10-17)7-8-20-13-5-3-11(9-12(13)16)4-6-14(18)19/h3-6,9H,7-8H2,1-2H3,(H,18,19). The van der Waals surface area contributed by atoms with Gasteiger partial charge in [-0.05, 0) is 44.0 Å². The quantitative estimate of drug-likeness (QED) is 0.811. The molecule has 1 rings (SSSR count). The summed E-state index contributed by atoms with van der Waals surface area (Å²) >= 11 is 6.06. The van der Waals surface area contributed by atoms with Crippen LogP contribution in [0.15, 0.2) is 24.3 Å². The molecule has 0 heterocycles. The number of carboxylic acid groups (broad SMARTS) is 1. The summed E-state index contributed by atoms with van der Waals surface area (Å²) in [5, 5.41) is 17.9. The minimum atomic E-state index is -1.01. The normalized spacial score (nSPS) is 11.3. The third kappa shape index (κ3) is 5.33. The maximum Gasteiger partial charge on any atom is 0.328 e. The van der Waals surface area contributed by atoms with E-state index in [1.54, 1.807) is 18.2 Å². The number of carboxylic acids is 1. The average Bonchev–Trinajstić information content (AvgIpc) is 2.38. The predicted molar refractivity (Wildman–Crippen MR) is 77.6 cm³/mol. The van der Waals surface area contributed by atoms with Crippen LogP contribution in [0.1, 0.15) is 25.8 Å². The van der Waals surface area contributed by atoms with Crippen LogP contribution in [0, 0.1) is 16.7 Å². The first-order valence-electron chi connectivity index (χ1n) is 6.09. The Balaban J connectivity index is 2.65. The highest BCUT2D eigenvalue weighted by Crippen LogP contribution is 2.27. The molecule has 0 aliphatic heterocycles. The lowest BCUT2D eigenvalue weighted by atomic mass is 9.92. The number of hydrogen-bond donors (Lipinski definition) is 1. The Morgan fingerprint density at radius 1 is 1.55 bits per heavy atom. The second-order valence-corrected chi connectivity index (χ2v) is 5.36. The van der Waals surface area contributed by atoms with Crippen molar-refractivity contribution in [3.05, 3.63) is 34.9 Å². The Morgan fingerprint density at radius 2 is 2.25 bits per heavy atom. The fourth-order valence-corrected chi connectivity index (χ4v) is 1.62. The number of nitrogens with zero attached hydrogens (tertiary/aromatic N) is 1. The summed E-state index contributed by atoms with van der Waals surface area (Å²) in [7, 11) is 0. The van der Waals surface area contributed by atoms with Crippen LogP contribution in [-0.4, -0.2) is 17.7 Å². The van der Waals surface area contributed by atoms with Gasteiger partial charge in [0.15, 0.2) is 0 Å². The Morgan fingerprint density at radius 3 is 2.80 bits per heavy atom. The third-order valence-corrected chi connectivity index (χ3v) is 2.96. The van der Waals surface area contributed by atoms with E-state index in [1.165, 1.54) is 6.08 Å². The van der Waals surface area contributed by atoms with E-state index < -0.39 is 11.4 Å². The Labute approximate surface area is 123 Å². The molecule has 0 saturated heterocycles. The molecule has 0 amide bonds. The summed E-state index contributed by atoms with van der Waals surface area (Å²) in [6.45, 7) is 4.08. The Bertz CT molecular complexity index is 559. The van der Waals surface area contributed by atoms with Crippen molar-refractivity contribution < 1.29 is 14.6 Å². The largest absolute Gasteiger partial charge is 0.492 e. The minimum absolute atomic E-state index is 0.393. The molecule has 0 radical (unpaired) electrons. The van der Waals surface area contributed by atoms with Gasteiger partial charge in [0.05, 0.1) is 23.1 Å². The van der Waals surface area contributed by atoms with Gasteiger partial charge in [-0.3, -0.25) is 0 Å². The number of carbonyl (C=O) groups is 1. The molecule has 0 saturated carbocycles. The van der Waals surface area contributed by atoms with E-state index >= 15 is 0 Å². The van der Waals surface area contributed by atoms with Gasteiger partial charge in [-0.2, -0.15) is 5.26 Å². The first-order chi connectivity index (χ1) is 9.34. The van der Waals surface area contributed by atoms with E-state index in [2.05, 4.69) is 6.07 Å². The van der Waals surface area contributed by atoms with E-state index in [0.717, 1.165) is 6.08 Å². The van der Waals surface area contributed by atoms with Crippen molar-refractivity contribution in [2.24, 2.45) is 5.41 Å². The molecular formula is C15H16ClNO3. The summed E-state index contributed by atoms with van der Waals surface area (Å²) in [6, 6.07) is 7.23. The van der Waals surface area contributed by atoms with Crippen LogP contribution in [0.4, 0.5) is 0 Å². The van der Waals surface area contributed by atoms with Crippen molar-refractivity contribution in [1.29, 1.82) is 5.26 Å². The number of rotatable bonds is 6. The van der Waals surface area contributed by atoms with Gasteiger partial charge in [-0.1, -0.05) is 17.7 Å². The number of benzene rings is 1. The predicted octanol–water partition coefficient (Wildman–Crippen LogP) is 3.76. The number of nitriles is 1. The zero-order valence-corrected chi connectivity index (χ0v) is 12.1. The van der Waals surface area contributed by atoms with Gasteiger partial charge in [0.2, 0.25) is 0 Å². The van der Waals surface area contributed by atoms with Crippen molar-refractivity contribution in [2.75, 3.05) is 6.61 Å². The lowest BCUT2D eigenvalue weighted by Gasteiger charge is -2.15. The topological polar surface area (TPSA) is 70.3 Å². The van der Waals surface area contributed by atoms with Crippen molar-refractivity contribution in [2.45, 2.75) is 20.3 Å². The van der Waals surface area contributed by atoms with Gasteiger partial charge in [-0.25, -0.2) is 4.79 Å². The molecule has 1 aromatic carbocycles. The van der Waals surface area contributed by atoms with Crippen LogP contribution in [0.25, 0.3) is 6.08 Å². The SMILES string of the molecule is CC(C)(C#N)CCOc1ccc(C=CC(=O)O)cc1Cl. The molecule has 0 fully saturated rings. The molecule has 5 heteroatoms. The van der Waals surface area contributed by atoms with Gasteiger partial charge in [-0.15, -0.1) is 0 Å².